The monoisotopic (exact) mass is 309 g/mol. The predicted molar refractivity (Wildman–Crippen MR) is 78.7 cm³/mol. The van der Waals surface area contributed by atoms with E-state index in [1.807, 2.05) is 24.3 Å². The van der Waals surface area contributed by atoms with E-state index in [0.29, 0.717) is 32.6 Å². The minimum atomic E-state index is -3.58. The number of fused-ring (bicyclic) bond motifs is 1. The molecule has 21 heavy (non-hydrogen) atoms. The lowest BCUT2D eigenvalue weighted by Crippen LogP contribution is -2.47. The predicted octanol–water partition coefficient (Wildman–Crippen LogP) is 0.111. The molecule has 1 N–H and O–H groups in total. The molecule has 1 aromatic rings. The lowest BCUT2D eigenvalue weighted by molar-refractivity contribution is -0.120. The van der Waals surface area contributed by atoms with E-state index in [0.717, 1.165) is 12.0 Å². The molecule has 7 heteroatoms. The molecule has 0 saturated carbocycles. The molecular formula is C14H19N3O3S. The quantitative estimate of drug-likeness (QED) is 0.843. The summed E-state index contributed by atoms with van der Waals surface area (Å²) in [6, 6.07) is 7.90. The molecule has 2 aliphatic rings. The SMILES string of the molecule is O=C1CN(S(=O)(=O)N2CCc3ccccc3C2)CCCN1. The lowest BCUT2D eigenvalue weighted by Gasteiger charge is -2.32. The number of carbonyl (C=O) groups is 1. The topological polar surface area (TPSA) is 69.7 Å². The molecule has 1 saturated heterocycles. The summed E-state index contributed by atoms with van der Waals surface area (Å²) < 4.78 is 28.2. The second-order valence-electron chi connectivity index (χ2n) is 5.40. The minimum Gasteiger partial charge on any atom is -0.355 e. The highest BCUT2D eigenvalue weighted by molar-refractivity contribution is 7.86. The van der Waals surface area contributed by atoms with Gasteiger partial charge >= 0.3 is 0 Å². The number of benzene rings is 1. The molecule has 0 bridgehead atoms. The van der Waals surface area contributed by atoms with Crippen molar-refractivity contribution in [2.24, 2.45) is 0 Å². The molecule has 2 heterocycles. The van der Waals surface area contributed by atoms with Gasteiger partial charge < -0.3 is 5.32 Å². The Kier molecular flexibility index (Phi) is 3.97. The van der Waals surface area contributed by atoms with Gasteiger partial charge in [0.15, 0.2) is 0 Å². The van der Waals surface area contributed by atoms with Crippen molar-refractivity contribution in [3.63, 3.8) is 0 Å². The van der Waals surface area contributed by atoms with Crippen molar-refractivity contribution in [3.8, 4) is 0 Å². The Bertz CT molecular complexity index is 645. The van der Waals surface area contributed by atoms with E-state index in [1.165, 1.54) is 14.2 Å². The van der Waals surface area contributed by atoms with Crippen molar-refractivity contribution < 1.29 is 13.2 Å². The van der Waals surface area contributed by atoms with E-state index in [-0.39, 0.29) is 12.5 Å². The van der Waals surface area contributed by atoms with Crippen LogP contribution in [0.25, 0.3) is 0 Å². The van der Waals surface area contributed by atoms with Gasteiger partial charge in [0.2, 0.25) is 5.91 Å². The van der Waals surface area contributed by atoms with Gasteiger partial charge in [0.1, 0.15) is 0 Å². The Morgan fingerprint density at radius 2 is 1.71 bits per heavy atom. The molecule has 0 radical (unpaired) electrons. The van der Waals surface area contributed by atoms with Crippen LogP contribution in [0.2, 0.25) is 0 Å². The largest absolute Gasteiger partial charge is 0.355 e. The average Bonchev–Trinajstić information content (AvgIpc) is 2.72. The van der Waals surface area contributed by atoms with Crippen LogP contribution in [0.3, 0.4) is 0 Å². The molecule has 0 aromatic heterocycles. The van der Waals surface area contributed by atoms with Gasteiger partial charge in [0.25, 0.3) is 10.2 Å². The van der Waals surface area contributed by atoms with Crippen molar-refractivity contribution in [2.45, 2.75) is 19.4 Å². The number of nitrogens with one attached hydrogen (secondary N) is 1. The third-order valence-electron chi connectivity index (χ3n) is 3.97. The number of nitrogens with zero attached hydrogens (tertiary/aromatic N) is 2. The number of hydrogen-bond donors (Lipinski definition) is 1. The summed E-state index contributed by atoms with van der Waals surface area (Å²) in [4.78, 5) is 11.6. The Balaban J connectivity index is 1.81. The number of carbonyl (C=O) groups excluding carboxylic acids is 1. The van der Waals surface area contributed by atoms with Crippen LogP contribution < -0.4 is 5.32 Å². The van der Waals surface area contributed by atoms with E-state index in [4.69, 9.17) is 0 Å². The van der Waals surface area contributed by atoms with Crippen LogP contribution in [-0.2, 0) is 28.0 Å². The van der Waals surface area contributed by atoms with Gasteiger partial charge in [-0.15, -0.1) is 0 Å². The molecule has 0 unspecified atom stereocenters. The maximum atomic E-state index is 12.7. The van der Waals surface area contributed by atoms with Gasteiger partial charge in [-0.05, 0) is 24.0 Å². The van der Waals surface area contributed by atoms with Gasteiger partial charge in [-0.2, -0.15) is 17.0 Å². The number of rotatable bonds is 2. The molecule has 1 aromatic carbocycles. The Morgan fingerprint density at radius 1 is 1.00 bits per heavy atom. The molecule has 0 spiro atoms. The second-order valence-corrected chi connectivity index (χ2v) is 7.33. The van der Waals surface area contributed by atoms with Crippen LogP contribution in [0.5, 0.6) is 0 Å². The molecule has 3 rings (SSSR count). The van der Waals surface area contributed by atoms with Crippen LogP contribution >= 0.6 is 0 Å². The molecule has 0 aliphatic carbocycles. The summed E-state index contributed by atoms with van der Waals surface area (Å²) in [7, 11) is -3.58. The molecule has 0 atom stereocenters. The van der Waals surface area contributed by atoms with Crippen LogP contribution in [0, 0.1) is 0 Å². The standard InChI is InChI=1S/C14H19N3O3S/c18-14-11-16(8-3-7-15-14)21(19,20)17-9-6-12-4-1-2-5-13(12)10-17/h1-2,4-5H,3,6-11H2,(H,15,18). The Hall–Kier alpha value is -1.44. The van der Waals surface area contributed by atoms with Crippen LogP contribution in [-0.4, -0.2) is 49.1 Å². The maximum absolute atomic E-state index is 12.7. The minimum absolute atomic E-state index is 0.0829. The molecule has 6 nitrogen and oxygen atoms in total. The zero-order chi connectivity index (χ0) is 14.9. The number of hydrogen-bond acceptors (Lipinski definition) is 3. The maximum Gasteiger partial charge on any atom is 0.282 e. The van der Waals surface area contributed by atoms with Gasteiger partial charge in [0.05, 0.1) is 6.54 Å². The van der Waals surface area contributed by atoms with E-state index < -0.39 is 10.2 Å². The third-order valence-corrected chi connectivity index (χ3v) is 5.90. The Labute approximate surface area is 124 Å². The first-order valence-electron chi connectivity index (χ1n) is 7.16. The van der Waals surface area contributed by atoms with Crippen LogP contribution in [0.1, 0.15) is 17.5 Å². The molecule has 114 valence electrons. The van der Waals surface area contributed by atoms with Crippen LogP contribution in [0.15, 0.2) is 24.3 Å². The summed E-state index contributed by atoms with van der Waals surface area (Å²) in [5.41, 5.74) is 2.25. The van der Waals surface area contributed by atoms with E-state index in [9.17, 15) is 13.2 Å². The lowest BCUT2D eigenvalue weighted by atomic mass is 10.0. The first-order valence-corrected chi connectivity index (χ1v) is 8.56. The normalized spacial score (nSPS) is 21.4. The van der Waals surface area contributed by atoms with Crippen LogP contribution in [0.4, 0.5) is 0 Å². The zero-order valence-electron chi connectivity index (χ0n) is 11.8. The van der Waals surface area contributed by atoms with Gasteiger partial charge in [-0.25, -0.2) is 0 Å². The Morgan fingerprint density at radius 3 is 2.52 bits per heavy atom. The third kappa shape index (κ3) is 2.95. The second kappa shape index (κ2) is 5.75. The first-order chi connectivity index (χ1) is 10.1. The summed E-state index contributed by atoms with van der Waals surface area (Å²) in [5, 5.41) is 2.70. The van der Waals surface area contributed by atoms with Crippen molar-refractivity contribution >= 4 is 16.1 Å². The smallest absolute Gasteiger partial charge is 0.282 e. The van der Waals surface area contributed by atoms with Crippen molar-refractivity contribution in [2.75, 3.05) is 26.2 Å². The van der Waals surface area contributed by atoms with Gasteiger partial charge in [-0.1, -0.05) is 24.3 Å². The van der Waals surface area contributed by atoms with Crippen molar-refractivity contribution in [3.05, 3.63) is 35.4 Å². The van der Waals surface area contributed by atoms with Gasteiger partial charge in [0, 0.05) is 26.2 Å². The highest BCUT2D eigenvalue weighted by atomic mass is 32.2. The van der Waals surface area contributed by atoms with E-state index in [2.05, 4.69) is 5.32 Å². The highest BCUT2D eigenvalue weighted by Crippen LogP contribution is 2.22. The highest BCUT2D eigenvalue weighted by Gasteiger charge is 2.33. The molecule has 1 fully saturated rings. The summed E-state index contributed by atoms with van der Waals surface area (Å²) in [6.45, 7) is 1.70. The first kappa shape index (κ1) is 14.5. The summed E-state index contributed by atoms with van der Waals surface area (Å²) in [5.74, 6) is -0.228. The number of amides is 1. The average molecular weight is 309 g/mol. The fourth-order valence-electron chi connectivity index (χ4n) is 2.81. The van der Waals surface area contributed by atoms with Gasteiger partial charge in [-0.3, -0.25) is 4.79 Å². The summed E-state index contributed by atoms with van der Waals surface area (Å²) >= 11 is 0. The fraction of sp³-hybridized carbons (Fsp3) is 0.500. The molecule has 1 amide bonds. The van der Waals surface area contributed by atoms with Crippen molar-refractivity contribution in [1.82, 2.24) is 13.9 Å². The summed E-state index contributed by atoms with van der Waals surface area (Å²) in [6.07, 6.45) is 1.37. The zero-order valence-corrected chi connectivity index (χ0v) is 12.6. The molecule has 2 aliphatic heterocycles. The van der Waals surface area contributed by atoms with Crippen molar-refractivity contribution in [1.29, 1.82) is 0 Å². The molecular weight excluding hydrogens is 290 g/mol. The fourth-order valence-corrected chi connectivity index (χ4v) is 4.40. The van der Waals surface area contributed by atoms with E-state index in [1.54, 1.807) is 0 Å². The van der Waals surface area contributed by atoms with E-state index >= 15 is 0 Å².